The number of rotatable bonds is 10. The van der Waals surface area contributed by atoms with Crippen molar-refractivity contribution in [3.8, 4) is 6.01 Å². The van der Waals surface area contributed by atoms with E-state index in [1.54, 1.807) is 7.11 Å². The number of hydrogen-bond acceptors (Lipinski definition) is 8. The summed E-state index contributed by atoms with van der Waals surface area (Å²) < 4.78 is 10.7. The molecular weight excluding hydrogens is 368 g/mol. The molecule has 0 amide bonds. The molecule has 29 heavy (non-hydrogen) atoms. The van der Waals surface area contributed by atoms with E-state index in [1.165, 1.54) is 31.5 Å². The summed E-state index contributed by atoms with van der Waals surface area (Å²) in [4.78, 5) is 11.0. The number of anilines is 2. The van der Waals surface area contributed by atoms with Gasteiger partial charge in [-0.15, -0.1) is 0 Å². The zero-order chi connectivity index (χ0) is 20.6. The van der Waals surface area contributed by atoms with E-state index in [4.69, 9.17) is 20.6 Å². The van der Waals surface area contributed by atoms with E-state index in [0.29, 0.717) is 24.5 Å². The summed E-state index contributed by atoms with van der Waals surface area (Å²) in [5.74, 6) is 0.686. The van der Waals surface area contributed by atoms with Gasteiger partial charge in [-0.05, 0) is 44.0 Å². The fourth-order valence-corrected chi connectivity index (χ4v) is 3.39. The smallest absolute Gasteiger partial charge is 0.320 e. The number of benzene rings is 1. The highest BCUT2D eigenvalue weighted by molar-refractivity contribution is 5.90. The molecule has 1 aliphatic rings. The Labute approximate surface area is 171 Å². The van der Waals surface area contributed by atoms with E-state index < -0.39 is 0 Å². The van der Waals surface area contributed by atoms with Crippen LogP contribution in [0.15, 0.2) is 24.3 Å². The molecule has 0 saturated carbocycles. The van der Waals surface area contributed by atoms with Gasteiger partial charge in [0, 0.05) is 26.4 Å². The summed E-state index contributed by atoms with van der Waals surface area (Å²) >= 11 is 0. The molecule has 0 spiro atoms. The molecule has 1 atom stereocenters. The number of ether oxygens (including phenoxy) is 2. The molecule has 156 valence electrons. The third-order valence-electron chi connectivity index (χ3n) is 4.89. The Bertz CT molecular complexity index is 806. The molecule has 2 heterocycles. The van der Waals surface area contributed by atoms with Crippen molar-refractivity contribution < 1.29 is 9.47 Å². The van der Waals surface area contributed by atoms with Gasteiger partial charge in [0.25, 0.3) is 0 Å². The minimum Gasteiger partial charge on any atom is -0.458 e. The Hall–Kier alpha value is -2.71. The first kappa shape index (κ1) is 21.0. The number of aromatic nitrogens is 2. The van der Waals surface area contributed by atoms with Crippen LogP contribution >= 0.6 is 0 Å². The SMILES string of the molecule is COCC(C)Oc1nc(N)c(C=N)c(NCc2ccc(CN3CCCC3)cc2)n1. The van der Waals surface area contributed by atoms with Crippen molar-refractivity contribution in [3.05, 3.63) is 41.0 Å². The van der Waals surface area contributed by atoms with Gasteiger partial charge in [0.15, 0.2) is 0 Å². The van der Waals surface area contributed by atoms with Gasteiger partial charge in [-0.1, -0.05) is 24.3 Å². The molecular formula is C21H30N6O2. The number of nitrogens with zero attached hydrogens (tertiary/aromatic N) is 3. The lowest BCUT2D eigenvalue weighted by Crippen LogP contribution is -2.20. The second kappa shape index (κ2) is 10.2. The second-order valence-corrected chi connectivity index (χ2v) is 7.34. The predicted molar refractivity (Wildman–Crippen MR) is 115 cm³/mol. The first-order valence-electron chi connectivity index (χ1n) is 9.96. The van der Waals surface area contributed by atoms with Gasteiger partial charge < -0.3 is 25.9 Å². The normalized spacial score (nSPS) is 15.2. The molecule has 8 heteroatoms. The largest absolute Gasteiger partial charge is 0.458 e. The Kier molecular flexibility index (Phi) is 7.37. The standard InChI is InChI=1S/C21H30N6O2/c1-15(14-28-2)29-21-25-19(23)18(11-22)20(26-21)24-12-16-5-7-17(8-6-16)13-27-9-3-4-10-27/h5-8,11,15,22H,3-4,9-10,12-14H2,1-2H3,(H3,23,24,25,26). The number of hydrogen-bond donors (Lipinski definition) is 3. The summed E-state index contributed by atoms with van der Waals surface area (Å²) in [6.07, 6.45) is 3.55. The van der Waals surface area contributed by atoms with Gasteiger partial charge in [-0.25, -0.2) is 0 Å². The van der Waals surface area contributed by atoms with Crippen LogP contribution in [0.25, 0.3) is 0 Å². The third kappa shape index (κ3) is 5.88. The van der Waals surface area contributed by atoms with Gasteiger partial charge in [-0.2, -0.15) is 9.97 Å². The average Bonchev–Trinajstić information content (AvgIpc) is 3.20. The highest BCUT2D eigenvalue weighted by Crippen LogP contribution is 2.21. The zero-order valence-corrected chi connectivity index (χ0v) is 17.1. The summed E-state index contributed by atoms with van der Waals surface area (Å²) in [5.41, 5.74) is 8.88. The van der Waals surface area contributed by atoms with Crippen LogP contribution in [-0.2, 0) is 17.8 Å². The van der Waals surface area contributed by atoms with Crippen molar-refractivity contribution >= 4 is 17.9 Å². The van der Waals surface area contributed by atoms with Gasteiger partial charge in [-0.3, -0.25) is 4.90 Å². The molecule has 1 unspecified atom stereocenters. The van der Waals surface area contributed by atoms with Crippen LogP contribution in [0.5, 0.6) is 6.01 Å². The summed E-state index contributed by atoms with van der Waals surface area (Å²) in [5, 5.41) is 10.9. The van der Waals surface area contributed by atoms with E-state index in [1.807, 2.05) is 6.92 Å². The Morgan fingerprint density at radius 2 is 1.90 bits per heavy atom. The monoisotopic (exact) mass is 398 g/mol. The quantitative estimate of drug-likeness (QED) is 0.528. The molecule has 0 aliphatic carbocycles. The number of methoxy groups -OCH3 is 1. The highest BCUT2D eigenvalue weighted by atomic mass is 16.5. The van der Waals surface area contributed by atoms with Crippen molar-refractivity contribution in [2.24, 2.45) is 0 Å². The summed E-state index contributed by atoms with van der Waals surface area (Å²) in [6, 6.07) is 8.74. The summed E-state index contributed by atoms with van der Waals surface area (Å²) in [6.45, 7) is 6.24. The van der Waals surface area contributed by atoms with Crippen molar-refractivity contribution in [2.75, 3.05) is 37.9 Å². The second-order valence-electron chi connectivity index (χ2n) is 7.34. The Morgan fingerprint density at radius 3 is 2.55 bits per heavy atom. The number of nitrogens with two attached hydrogens (primary N) is 1. The van der Waals surface area contributed by atoms with Crippen LogP contribution in [0.1, 0.15) is 36.5 Å². The first-order valence-corrected chi connectivity index (χ1v) is 9.96. The molecule has 1 saturated heterocycles. The van der Waals surface area contributed by atoms with Gasteiger partial charge >= 0.3 is 6.01 Å². The Morgan fingerprint density at radius 1 is 1.21 bits per heavy atom. The zero-order valence-electron chi connectivity index (χ0n) is 17.1. The predicted octanol–water partition coefficient (Wildman–Crippen LogP) is 2.68. The van der Waals surface area contributed by atoms with E-state index in [9.17, 15) is 0 Å². The molecule has 0 radical (unpaired) electrons. The topological polar surface area (TPSA) is 109 Å². The number of nitrogen functional groups attached to an aromatic ring is 1. The minimum atomic E-state index is -0.207. The molecule has 0 bridgehead atoms. The van der Waals surface area contributed by atoms with Crippen molar-refractivity contribution in [1.29, 1.82) is 5.41 Å². The molecule has 1 aliphatic heterocycles. The van der Waals surface area contributed by atoms with Crippen molar-refractivity contribution in [3.63, 3.8) is 0 Å². The maximum absolute atomic E-state index is 7.63. The molecule has 1 fully saturated rings. The minimum absolute atomic E-state index is 0.168. The van der Waals surface area contributed by atoms with Gasteiger partial charge in [0.2, 0.25) is 0 Å². The third-order valence-corrected chi connectivity index (χ3v) is 4.89. The first-order chi connectivity index (χ1) is 14.1. The van der Waals surface area contributed by atoms with Gasteiger partial charge in [0.1, 0.15) is 17.7 Å². The van der Waals surface area contributed by atoms with E-state index in [0.717, 1.165) is 18.3 Å². The maximum Gasteiger partial charge on any atom is 0.320 e. The van der Waals surface area contributed by atoms with Crippen molar-refractivity contribution in [2.45, 2.75) is 39.0 Å². The van der Waals surface area contributed by atoms with E-state index in [-0.39, 0.29) is 17.9 Å². The lowest BCUT2D eigenvalue weighted by molar-refractivity contribution is 0.0857. The summed E-state index contributed by atoms with van der Waals surface area (Å²) in [7, 11) is 1.61. The van der Waals surface area contributed by atoms with Crippen LogP contribution in [0.4, 0.5) is 11.6 Å². The molecule has 3 rings (SSSR count). The highest BCUT2D eigenvalue weighted by Gasteiger charge is 2.14. The van der Waals surface area contributed by atoms with Crippen LogP contribution in [0.2, 0.25) is 0 Å². The van der Waals surface area contributed by atoms with Crippen LogP contribution in [0, 0.1) is 5.41 Å². The lowest BCUT2D eigenvalue weighted by Gasteiger charge is -2.16. The van der Waals surface area contributed by atoms with Gasteiger partial charge in [0.05, 0.1) is 12.2 Å². The lowest BCUT2D eigenvalue weighted by atomic mass is 10.1. The van der Waals surface area contributed by atoms with Crippen LogP contribution in [0.3, 0.4) is 0 Å². The fraction of sp³-hybridized carbons (Fsp3) is 0.476. The van der Waals surface area contributed by atoms with Crippen LogP contribution in [-0.4, -0.2) is 54.0 Å². The van der Waals surface area contributed by atoms with E-state index >= 15 is 0 Å². The Balaban J connectivity index is 1.65. The fourth-order valence-electron chi connectivity index (χ4n) is 3.39. The molecule has 1 aromatic carbocycles. The molecule has 1 aromatic heterocycles. The number of nitrogens with one attached hydrogen (secondary N) is 2. The average molecular weight is 399 g/mol. The molecule has 4 N–H and O–H groups in total. The molecule has 2 aromatic rings. The number of likely N-dealkylation sites (tertiary alicyclic amines) is 1. The van der Waals surface area contributed by atoms with E-state index in [2.05, 4.69) is 44.5 Å². The van der Waals surface area contributed by atoms with Crippen molar-refractivity contribution in [1.82, 2.24) is 14.9 Å². The maximum atomic E-state index is 7.63. The molecule has 8 nitrogen and oxygen atoms in total. The van der Waals surface area contributed by atoms with Crippen LogP contribution < -0.4 is 15.8 Å².